The molecule has 0 saturated heterocycles. The number of hydrogen-bond donors (Lipinski definition) is 0. The molecule has 0 amide bonds. The fraction of sp³-hybridized carbons (Fsp3) is 0.429. The van der Waals surface area contributed by atoms with Gasteiger partial charge in [0.15, 0.2) is 0 Å². The molecule has 0 bridgehead atoms. The maximum absolute atomic E-state index is 6.48. The summed E-state index contributed by atoms with van der Waals surface area (Å²) in [6.07, 6.45) is 6.48. The van der Waals surface area contributed by atoms with Gasteiger partial charge in [-0.3, -0.25) is 0 Å². The van der Waals surface area contributed by atoms with E-state index in [2.05, 4.69) is 31.1 Å². The number of rotatable bonds is 0. The standard InChI is InChI=1S/C7H9Si/c1-5-6-7-8(2,3)4/h2-4H3. The summed E-state index contributed by atoms with van der Waals surface area (Å²) in [4.78, 5) is 0. The molecule has 41 valence electrons. The Kier molecular flexibility index (Phi) is 2.38. The van der Waals surface area contributed by atoms with Crippen LogP contribution in [0.3, 0.4) is 0 Å². The van der Waals surface area contributed by atoms with Crippen molar-refractivity contribution < 1.29 is 0 Å². The summed E-state index contributed by atoms with van der Waals surface area (Å²) in [7, 11) is -1.22. The lowest BCUT2D eigenvalue weighted by atomic mass is 10.7. The lowest BCUT2D eigenvalue weighted by Gasteiger charge is -2.01. The minimum atomic E-state index is -1.22. The van der Waals surface area contributed by atoms with Crippen LogP contribution in [-0.4, -0.2) is 8.07 Å². The third-order valence-electron chi connectivity index (χ3n) is 0.500. The largest absolute Gasteiger partial charge is 0.130 e. The minimum Gasteiger partial charge on any atom is -0.118 e. The zero-order chi connectivity index (χ0) is 6.62. The quantitative estimate of drug-likeness (QED) is 0.336. The van der Waals surface area contributed by atoms with Gasteiger partial charge in [-0.25, -0.2) is 0 Å². The van der Waals surface area contributed by atoms with E-state index in [1.54, 1.807) is 0 Å². The van der Waals surface area contributed by atoms with Crippen LogP contribution in [0.25, 0.3) is 0 Å². The van der Waals surface area contributed by atoms with Gasteiger partial charge in [0.05, 0.1) is 0 Å². The van der Waals surface area contributed by atoms with Crippen molar-refractivity contribution in [3.8, 4) is 17.4 Å². The zero-order valence-electron chi connectivity index (χ0n) is 5.50. The summed E-state index contributed by atoms with van der Waals surface area (Å²) in [5.74, 6) is 4.56. The highest BCUT2D eigenvalue weighted by atomic mass is 28.3. The van der Waals surface area contributed by atoms with Gasteiger partial charge in [0.2, 0.25) is 0 Å². The molecular formula is C7H9Si. The van der Waals surface area contributed by atoms with Crippen LogP contribution in [0, 0.1) is 23.8 Å². The molecule has 0 aromatic rings. The second-order valence-corrected chi connectivity index (χ2v) is 7.38. The Labute approximate surface area is 52.3 Å². The van der Waals surface area contributed by atoms with Crippen molar-refractivity contribution in [2.24, 2.45) is 0 Å². The van der Waals surface area contributed by atoms with Crippen molar-refractivity contribution in [2.75, 3.05) is 0 Å². The second-order valence-electron chi connectivity index (χ2n) is 2.62. The molecule has 0 fully saturated rings. The molecule has 0 aromatic carbocycles. The first-order valence-electron chi connectivity index (χ1n) is 2.50. The van der Waals surface area contributed by atoms with Crippen LogP contribution in [0.2, 0.25) is 19.6 Å². The summed E-state index contributed by atoms with van der Waals surface area (Å²) in [5.41, 5.74) is 2.96. The van der Waals surface area contributed by atoms with Crippen molar-refractivity contribution in [3.05, 3.63) is 6.42 Å². The fourth-order valence-corrected chi connectivity index (χ4v) is 0.656. The first kappa shape index (κ1) is 7.34. The maximum Gasteiger partial charge on any atom is 0.130 e. The Morgan fingerprint density at radius 2 is 1.75 bits per heavy atom. The second kappa shape index (κ2) is 2.60. The van der Waals surface area contributed by atoms with E-state index in [1.165, 1.54) is 0 Å². The molecule has 0 rings (SSSR count). The maximum atomic E-state index is 6.48. The van der Waals surface area contributed by atoms with E-state index in [1.807, 2.05) is 5.92 Å². The summed E-state index contributed by atoms with van der Waals surface area (Å²) < 4.78 is 0. The Bertz CT molecular complexity index is 156. The molecule has 8 heavy (non-hydrogen) atoms. The molecule has 0 nitrogen and oxygen atoms in total. The zero-order valence-corrected chi connectivity index (χ0v) is 6.50. The van der Waals surface area contributed by atoms with Crippen molar-refractivity contribution >= 4 is 8.07 Å². The molecule has 0 atom stereocenters. The van der Waals surface area contributed by atoms with Crippen molar-refractivity contribution in [3.63, 3.8) is 0 Å². The average Bonchev–Trinajstić information content (AvgIpc) is 1.59. The molecule has 0 unspecified atom stereocenters. The first-order chi connectivity index (χ1) is 3.56. The highest BCUT2D eigenvalue weighted by molar-refractivity contribution is 6.83. The van der Waals surface area contributed by atoms with E-state index in [0.29, 0.717) is 0 Å². The monoisotopic (exact) mass is 121 g/mol. The minimum absolute atomic E-state index is 1.22. The summed E-state index contributed by atoms with van der Waals surface area (Å²) in [6.45, 7) is 6.41. The third kappa shape index (κ3) is 5.34. The van der Waals surface area contributed by atoms with Crippen LogP contribution in [-0.2, 0) is 0 Å². The normalized spacial score (nSPS) is 8.75. The van der Waals surface area contributed by atoms with Crippen LogP contribution in [0.4, 0.5) is 0 Å². The van der Waals surface area contributed by atoms with Gasteiger partial charge in [0.1, 0.15) is 8.07 Å². The summed E-state index contributed by atoms with van der Waals surface area (Å²) in [6, 6.07) is 0. The third-order valence-corrected chi connectivity index (χ3v) is 1.38. The summed E-state index contributed by atoms with van der Waals surface area (Å²) in [5, 5.41) is 0. The highest BCUT2D eigenvalue weighted by Crippen LogP contribution is 1.95. The van der Waals surface area contributed by atoms with Gasteiger partial charge in [0, 0.05) is 0 Å². The molecule has 1 radical (unpaired) electrons. The van der Waals surface area contributed by atoms with Gasteiger partial charge < -0.3 is 0 Å². The fourth-order valence-electron chi connectivity index (χ4n) is 0.219. The smallest absolute Gasteiger partial charge is 0.118 e. The molecule has 0 spiro atoms. The Morgan fingerprint density at radius 1 is 1.25 bits per heavy atom. The van der Waals surface area contributed by atoms with Gasteiger partial charge in [-0.15, -0.1) is 5.54 Å². The Morgan fingerprint density at radius 3 is 1.88 bits per heavy atom. The molecule has 0 aliphatic heterocycles. The van der Waals surface area contributed by atoms with Gasteiger partial charge in [-0.05, 0) is 18.3 Å². The SMILES string of the molecule is [C]#CC#C[Si](C)(C)C. The number of hydrogen-bond acceptors (Lipinski definition) is 0. The molecule has 1 heteroatoms. The Balaban J connectivity index is 3.93. The van der Waals surface area contributed by atoms with Crippen LogP contribution < -0.4 is 0 Å². The van der Waals surface area contributed by atoms with E-state index >= 15 is 0 Å². The molecular weight excluding hydrogens is 112 g/mol. The van der Waals surface area contributed by atoms with Crippen LogP contribution in [0.1, 0.15) is 0 Å². The topological polar surface area (TPSA) is 0 Å². The summed E-state index contributed by atoms with van der Waals surface area (Å²) >= 11 is 0. The highest BCUT2D eigenvalue weighted by Gasteiger charge is 2.06. The predicted octanol–water partition coefficient (Wildman–Crippen LogP) is 1.46. The van der Waals surface area contributed by atoms with Crippen LogP contribution in [0.15, 0.2) is 0 Å². The lowest BCUT2D eigenvalue weighted by Crippen LogP contribution is -2.16. The van der Waals surface area contributed by atoms with E-state index in [0.717, 1.165) is 0 Å². The van der Waals surface area contributed by atoms with Crippen molar-refractivity contribution in [2.45, 2.75) is 19.6 Å². The molecule has 0 N–H and O–H groups in total. The molecule has 0 heterocycles. The van der Waals surface area contributed by atoms with E-state index in [-0.39, 0.29) is 0 Å². The van der Waals surface area contributed by atoms with Crippen LogP contribution >= 0.6 is 0 Å². The van der Waals surface area contributed by atoms with E-state index in [4.69, 9.17) is 6.42 Å². The van der Waals surface area contributed by atoms with Gasteiger partial charge in [0.25, 0.3) is 0 Å². The van der Waals surface area contributed by atoms with Crippen molar-refractivity contribution in [1.29, 1.82) is 0 Å². The first-order valence-corrected chi connectivity index (χ1v) is 6.00. The predicted molar refractivity (Wildman–Crippen MR) is 38.3 cm³/mol. The van der Waals surface area contributed by atoms with E-state index < -0.39 is 8.07 Å². The molecule has 0 saturated carbocycles. The molecule has 0 aromatic heterocycles. The van der Waals surface area contributed by atoms with Gasteiger partial charge in [-0.2, -0.15) is 0 Å². The Hall–Kier alpha value is -0.663. The lowest BCUT2D eigenvalue weighted by molar-refractivity contribution is 1.81. The van der Waals surface area contributed by atoms with Crippen molar-refractivity contribution in [1.82, 2.24) is 0 Å². The van der Waals surface area contributed by atoms with Crippen LogP contribution in [0.5, 0.6) is 0 Å². The molecule has 0 aliphatic rings. The molecule has 0 aliphatic carbocycles. The average molecular weight is 121 g/mol. The van der Waals surface area contributed by atoms with Gasteiger partial charge >= 0.3 is 0 Å². The van der Waals surface area contributed by atoms with Gasteiger partial charge in [-0.1, -0.05) is 19.6 Å². The van der Waals surface area contributed by atoms with E-state index in [9.17, 15) is 0 Å².